The number of benzene rings is 2. The van der Waals surface area contributed by atoms with Gasteiger partial charge >= 0.3 is 0 Å². The van der Waals surface area contributed by atoms with E-state index in [4.69, 9.17) is 9.84 Å². The number of hydrogen-bond donors (Lipinski definition) is 2. The van der Waals surface area contributed by atoms with Gasteiger partial charge in [-0.1, -0.05) is 31.4 Å². The van der Waals surface area contributed by atoms with Gasteiger partial charge in [-0.05, 0) is 60.6 Å². The van der Waals surface area contributed by atoms with Crippen LogP contribution in [0.25, 0.3) is 0 Å². The molecule has 1 aliphatic heterocycles. The van der Waals surface area contributed by atoms with Gasteiger partial charge in [0.1, 0.15) is 30.7 Å². The van der Waals surface area contributed by atoms with Crippen molar-refractivity contribution in [3.8, 4) is 5.75 Å². The molecular weight excluding hydrogens is 447 g/mol. The average molecular weight is 487 g/mol. The molecule has 0 bridgehead atoms. The van der Waals surface area contributed by atoms with Gasteiger partial charge in [-0.2, -0.15) is 0 Å². The summed E-state index contributed by atoms with van der Waals surface area (Å²) in [6.45, 7) is 2.28. The van der Waals surface area contributed by atoms with Crippen molar-refractivity contribution in [3.63, 3.8) is 0 Å². The average Bonchev–Trinajstić information content (AvgIpc) is 3.28. The molecule has 2 aliphatic rings. The van der Waals surface area contributed by atoms with Crippen LogP contribution < -0.4 is 15.0 Å². The van der Waals surface area contributed by atoms with Crippen molar-refractivity contribution in [3.05, 3.63) is 58.9 Å². The number of hydrogen-bond acceptors (Lipinski definition) is 6. The molecule has 0 amide bonds. The van der Waals surface area contributed by atoms with Crippen LogP contribution in [0.3, 0.4) is 0 Å². The van der Waals surface area contributed by atoms with E-state index in [9.17, 15) is 14.0 Å². The minimum absolute atomic E-state index is 0.135. The molecule has 1 heterocycles. The van der Waals surface area contributed by atoms with Crippen LogP contribution in [0.15, 0.2) is 36.4 Å². The molecule has 0 atom stereocenters. The molecule has 0 unspecified atom stereocenters. The maximum atomic E-state index is 14.5. The molecule has 35 heavy (non-hydrogen) atoms. The zero-order chi connectivity index (χ0) is 25.5. The van der Waals surface area contributed by atoms with Crippen LogP contribution in [0, 0.1) is 5.82 Å². The fourth-order valence-corrected chi connectivity index (χ4v) is 4.49. The smallest absolute Gasteiger partial charge is 0.133 e. The lowest BCUT2D eigenvalue weighted by Crippen LogP contribution is -2.17. The summed E-state index contributed by atoms with van der Waals surface area (Å²) in [7, 11) is 3.11. The van der Waals surface area contributed by atoms with Crippen LogP contribution in [0.2, 0.25) is 0 Å². The van der Waals surface area contributed by atoms with Crippen LogP contribution in [0.5, 0.6) is 5.75 Å². The monoisotopic (exact) mass is 486 g/mol. The number of nitrogens with zero attached hydrogens (tertiary/aromatic N) is 1. The minimum Gasteiger partial charge on any atom is -0.489 e. The highest BCUT2D eigenvalue weighted by atomic mass is 19.1. The summed E-state index contributed by atoms with van der Waals surface area (Å²) in [5, 5.41) is 9.74. The minimum atomic E-state index is -0.135. The second-order valence-electron chi connectivity index (χ2n) is 8.76. The number of halogens is 1. The summed E-state index contributed by atoms with van der Waals surface area (Å²) in [5.74, 6) is 1.22. The van der Waals surface area contributed by atoms with Crippen LogP contribution in [0.4, 0.5) is 10.1 Å². The van der Waals surface area contributed by atoms with Crippen molar-refractivity contribution < 1.29 is 23.8 Å². The molecule has 7 heteroatoms. The van der Waals surface area contributed by atoms with E-state index >= 15 is 0 Å². The van der Waals surface area contributed by atoms with Gasteiger partial charge in [0.2, 0.25) is 0 Å². The van der Waals surface area contributed by atoms with Gasteiger partial charge in [0.25, 0.3) is 0 Å². The van der Waals surface area contributed by atoms with Crippen molar-refractivity contribution in [1.29, 1.82) is 0 Å². The first-order chi connectivity index (χ1) is 17.1. The van der Waals surface area contributed by atoms with Gasteiger partial charge in [-0.25, -0.2) is 4.39 Å². The standard InChI is InChI=1S/C22H26FNO.C5H9NO2.CH4O/c1-24-12-11-18-13-20(9-10-22(18)24)25-15-19-8-7-17(14-21(19)23)16-5-3-2-4-6-16;7-4-1-2-6-3-5-8;1-2/h7-10,13-14,16H,2-6,11-12,15H2,1H3;4-6H,1-3H2;2H,1H3. The number of aliphatic hydroxyl groups is 1. The Labute approximate surface area is 208 Å². The van der Waals surface area contributed by atoms with E-state index in [1.54, 1.807) is 6.07 Å². The van der Waals surface area contributed by atoms with E-state index in [2.05, 4.69) is 35.5 Å². The zero-order valence-electron chi connectivity index (χ0n) is 21.0. The van der Waals surface area contributed by atoms with Crippen molar-refractivity contribution >= 4 is 18.3 Å². The predicted molar refractivity (Wildman–Crippen MR) is 138 cm³/mol. The first-order valence-corrected chi connectivity index (χ1v) is 12.4. The lowest BCUT2D eigenvalue weighted by atomic mass is 9.84. The molecule has 0 spiro atoms. The number of anilines is 1. The first kappa shape index (κ1) is 28.5. The number of likely N-dealkylation sites (N-methyl/N-ethyl adjacent to an activating group) is 1. The second-order valence-corrected chi connectivity index (χ2v) is 8.76. The Morgan fingerprint density at radius 2 is 1.86 bits per heavy atom. The molecule has 1 fully saturated rings. The van der Waals surface area contributed by atoms with Gasteiger partial charge in [0, 0.05) is 44.9 Å². The summed E-state index contributed by atoms with van der Waals surface area (Å²) < 4.78 is 20.4. The molecule has 1 saturated carbocycles. The van der Waals surface area contributed by atoms with Crippen LogP contribution in [-0.2, 0) is 22.6 Å². The maximum absolute atomic E-state index is 14.5. The molecule has 1 aliphatic carbocycles. The molecule has 192 valence electrons. The number of ether oxygens (including phenoxy) is 1. The van der Waals surface area contributed by atoms with Crippen molar-refractivity contribution in [2.45, 2.75) is 57.5 Å². The number of aldehydes is 2. The van der Waals surface area contributed by atoms with E-state index in [1.165, 1.54) is 43.4 Å². The highest BCUT2D eigenvalue weighted by molar-refractivity contribution is 5.59. The predicted octanol–water partition coefficient (Wildman–Crippen LogP) is 4.42. The Balaban J connectivity index is 0.000000371. The topological polar surface area (TPSA) is 78.9 Å². The molecule has 6 nitrogen and oxygen atoms in total. The van der Waals surface area contributed by atoms with E-state index in [-0.39, 0.29) is 12.4 Å². The zero-order valence-corrected chi connectivity index (χ0v) is 21.0. The molecule has 2 aromatic carbocycles. The Morgan fingerprint density at radius 1 is 1.09 bits per heavy atom. The van der Waals surface area contributed by atoms with Crippen LogP contribution in [-0.4, -0.2) is 51.5 Å². The molecular formula is C28H39FN2O4. The first-order valence-electron chi connectivity index (χ1n) is 12.4. The summed E-state index contributed by atoms with van der Waals surface area (Å²) in [6.07, 6.45) is 9.36. The molecule has 2 N–H and O–H groups in total. The molecule has 2 aromatic rings. The Bertz CT molecular complexity index is 906. The van der Waals surface area contributed by atoms with E-state index in [1.807, 2.05) is 12.1 Å². The quantitative estimate of drug-likeness (QED) is 0.404. The molecule has 0 saturated heterocycles. The summed E-state index contributed by atoms with van der Waals surface area (Å²) >= 11 is 0. The Morgan fingerprint density at radius 3 is 2.54 bits per heavy atom. The number of carbonyl (C=O) groups is 2. The fourth-order valence-electron chi connectivity index (χ4n) is 4.49. The van der Waals surface area contributed by atoms with E-state index in [0.717, 1.165) is 44.0 Å². The number of carbonyl (C=O) groups excluding carboxylic acids is 2. The number of nitrogens with one attached hydrogen (secondary N) is 1. The fraction of sp³-hybridized carbons (Fsp3) is 0.500. The maximum Gasteiger partial charge on any atom is 0.133 e. The summed E-state index contributed by atoms with van der Waals surface area (Å²) in [5.41, 5.74) is 4.38. The van der Waals surface area contributed by atoms with Gasteiger partial charge in [0.15, 0.2) is 0 Å². The largest absolute Gasteiger partial charge is 0.489 e. The third-order valence-electron chi connectivity index (χ3n) is 6.39. The van der Waals surface area contributed by atoms with E-state index < -0.39 is 0 Å². The SMILES string of the molecule is CN1CCc2cc(OCc3ccc(C4CCCCC4)cc3F)ccc21.CO.O=CCCNCC=O. The van der Waals surface area contributed by atoms with E-state index in [0.29, 0.717) is 31.0 Å². The highest BCUT2D eigenvalue weighted by Crippen LogP contribution is 2.34. The Kier molecular flexibility index (Phi) is 13.0. The van der Waals surface area contributed by atoms with Gasteiger partial charge in [-0.3, -0.25) is 0 Å². The summed E-state index contributed by atoms with van der Waals surface area (Å²) in [6, 6.07) is 11.9. The van der Waals surface area contributed by atoms with Crippen LogP contribution >= 0.6 is 0 Å². The number of fused-ring (bicyclic) bond motifs is 1. The molecule has 0 aromatic heterocycles. The Hall–Kier alpha value is -2.77. The van der Waals surface area contributed by atoms with Gasteiger partial charge in [-0.15, -0.1) is 0 Å². The van der Waals surface area contributed by atoms with Crippen molar-refractivity contribution in [1.82, 2.24) is 5.32 Å². The highest BCUT2D eigenvalue weighted by Gasteiger charge is 2.18. The molecule has 0 radical (unpaired) electrons. The lowest BCUT2D eigenvalue weighted by Gasteiger charge is -2.22. The number of rotatable bonds is 9. The normalized spacial score (nSPS) is 14.7. The third kappa shape index (κ3) is 9.07. The summed E-state index contributed by atoms with van der Waals surface area (Å²) in [4.78, 5) is 21.5. The van der Waals surface area contributed by atoms with Gasteiger partial charge < -0.3 is 29.6 Å². The molecule has 4 rings (SSSR count). The van der Waals surface area contributed by atoms with Gasteiger partial charge in [0.05, 0.1) is 6.54 Å². The van der Waals surface area contributed by atoms with Crippen molar-refractivity contribution in [2.75, 3.05) is 38.7 Å². The second kappa shape index (κ2) is 16.0. The lowest BCUT2D eigenvalue weighted by molar-refractivity contribution is -0.109. The number of aliphatic hydroxyl groups excluding tert-OH is 1. The van der Waals surface area contributed by atoms with Crippen LogP contribution in [0.1, 0.15) is 61.1 Å². The third-order valence-corrected chi connectivity index (χ3v) is 6.39. The van der Waals surface area contributed by atoms with Crippen molar-refractivity contribution in [2.24, 2.45) is 0 Å².